The van der Waals surface area contributed by atoms with Gasteiger partial charge in [-0.1, -0.05) is 0 Å². The third kappa shape index (κ3) is 3.77. The van der Waals surface area contributed by atoms with Crippen molar-refractivity contribution in [2.24, 2.45) is 0 Å². The maximum absolute atomic E-state index is 12.4. The van der Waals surface area contributed by atoms with Gasteiger partial charge in [-0.05, 0) is 24.6 Å². The van der Waals surface area contributed by atoms with Crippen LogP contribution in [-0.2, 0) is 14.3 Å². The highest BCUT2D eigenvalue weighted by molar-refractivity contribution is 5.95. The Bertz CT molecular complexity index is 713. The van der Waals surface area contributed by atoms with E-state index in [0.29, 0.717) is 17.9 Å². The van der Waals surface area contributed by atoms with Crippen LogP contribution in [-0.4, -0.2) is 49.2 Å². The average Bonchev–Trinajstić information content (AvgIpc) is 2.60. The van der Waals surface area contributed by atoms with Gasteiger partial charge in [0.15, 0.2) is 0 Å². The number of benzene rings is 1. The Kier molecular flexibility index (Phi) is 5.71. The molecule has 0 saturated carbocycles. The molecule has 0 fully saturated rings. The van der Waals surface area contributed by atoms with Crippen LogP contribution in [0.25, 0.3) is 0 Å². The summed E-state index contributed by atoms with van der Waals surface area (Å²) in [5.41, 5.74) is 1.20. The van der Waals surface area contributed by atoms with Crippen LogP contribution in [0.3, 0.4) is 0 Å². The van der Waals surface area contributed by atoms with E-state index in [0.717, 1.165) is 0 Å². The van der Waals surface area contributed by atoms with E-state index in [1.54, 1.807) is 6.92 Å². The topological polar surface area (TPSA) is 111 Å². The second kappa shape index (κ2) is 7.75. The number of hydrogen-bond acceptors (Lipinski definition) is 6. The van der Waals surface area contributed by atoms with E-state index >= 15 is 0 Å². The number of esters is 1. The van der Waals surface area contributed by atoms with Crippen LogP contribution in [0.5, 0.6) is 0 Å². The van der Waals surface area contributed by atoms with Crippen molar-refractivity contribution in [3.63, 3.8) is 0 Å². The molecule has 0 radical (unpaired) electrons. The molecule has 1 atom stereocenters. The lowest BCUT2D eigenvalue weighted by atomic mass is 9.94. The van der Waals surface area contributed by atoms with Crippen LogP contribution >= 0.6 is 0 Å². The predicted octanol–water partition coefficient (Wildman–Crippen LogP) is 1.75. The zero-order chi connectivity index (χ0) is 18.6. The molecule has 2 amide bonds. The molecule has 0 aromatic heterocycles. The highest BCUT2D eigenvalue weighted by Crippen LogP contribution is 2.31. The Morgan fingerprint density at radius 3 is 2.48 bits per heavy atom. The zero-order valence-corrected chi connectivity index (χ0v) is 14.1. The van der Waals surface area contributed by atoms with Crippen LogP contribution in [0, 0.1) is 10.1 Å². The minimum atomic E-state index is -0.750. The van der Waals surface area contributed by atoms with E-state index in [1.807, 2.05) is 0 Å². The number of nitro benzene ring substituents is 1. The molecule has 1 aromatic carbocycles. The summed E-state index contributed by atoms with van der Waals surface area (Å²) in [6, 6.07) is 4.52. The number of non-ortho nitro benzene ring substituents is 1. The van der Waals surface area contributed by atoms with Gasteiger partial charge in [0.05, 0.1) is 36.8 Å². The number of amides is 2. The standard InChI is InChI=1S/C16H19N3O6/c1-10-13(15(20)25-3)14(17-16(21)18(10)8-9-24-2)11-4-6-12(7-5-11)19(22)23/h4-7,14H,8-9H2,1-3H3,(H,17,21)/t14-/m0/s1. The number of methoxy groups -OCH3 is 2. The number of urea groups is 1. The van der Waals surface area contributed by atoms with Crippen molar-refractivity contribution in [1.29, 1.82) is 0 Å². The van der Waals surface area contributed by atoms with Crippen LogP contribution in [0.2, 0.25) is 0 Å². The van der Waals surface area contributed by atoms with Crippen LogP contribution in [0.1, 0.15) is 18.5 Å². The van der Waals surface area contributed by atoms with E-state index in [2.05, 4.69) is 5.32 Å². The molecule has 25 heavy (non-hydrogen) atoms. The molecule has 9 nitrogen and oxygen atoms in total. The van der Waals surface area contributed by atoms with Crippen molar-refractivity contribution in [1.82, 2.24) is 10.2 Å². The fraction of sp³-hybridized carbons (Fsp3) is 0.375. The Balaban J connectivity index is 2.45. The second-order valence-corrected chi connectivity index (χ2v) is 5.37. The molecule has 0 aliphatic carbocycles. The monoisotopic (exact) mass is 349 g/mol. The summed E-state index contributed by atoms with van der Waals surface area (Å²) in [6.45, 7) is 2.24. The fourth-order valence-electron chi connectivity index (χ4n) is 2.65. The van der Waals surface area contributed by atoms with E-state index in [9.17, 15) is 19.7 Å². The lowest BCUT2D eigenvalue weighted by Gasteiger charge is -2.35. The number of hydrogen-bond donors (Lipinski definition) is 1. The Morgan fingerprint density at radius 2 is 1.96 bits per heavy atom. The first-order chi connectivity index (χ1) is 11.9. The summed E-state index contributed by atoms with van der Waals surface area (Å²) in [5.74, 6) is -0.580. The average molecular weight is 349 g/mol. The number of nitrogens with zero attached hydrogens (tertiary/aromatic N) is 2. The number of carbonyl (C=O) groups is 2. The van der Waals surface area contributed by atoms with Crippen molar-refractivity contribution >= 4 is 17.7 Å². The van der Waals surface area contributed by atoms with Gasteiger partial charge < -0.3 is 14.8 Å². The van der Waals surface area contributed by atoms with Gasteiger partial charge in [0.25, 0.3) is 5.69 Å². The Labute approximate surface area is 144 Å². The third-order valence-electron chi connectivity index (χ3n) is 3.96. The van der Waals surface area contributed by atoms with Crippen molar-refractivity contribution in [2.45, 2.75) is 13.0 Å². The number of ether oxygens (including phenoxy) is 2. The number of carbonyl (C=O) groups excluding carboxylic acids is 2. The van der Waals surface area contributed by atoms with Crippen molar-refractivity contribution in [3.8, 4) is 0 Å². The Morgan fingerprint density at radius 1 is 1.32 bits per heavy atom. The summed E-state index contributed by atoms with van der Waals surface area (Å²) >= 11 is 0. The van der Waals surface area contributed by atoms with Crippen LogP contribution < -0.4 is 5.32 Å². The van der Waals surface area contributed by atoms with Gasteiger partial charge in [-0.2, -0.15) is 0 Å². The van der Waals surface area contributed by atoms with Gasteiger partial charge in [-0.15, -0.1) is 0 Å². The molecule has 0 spiro atoms. The van der Waals surface area contributed by atoms with Gasteiger partial charge in [0, 0.05) is 24.9 Å². The summed E-state index contributed by atoms with van der Waals surface area (Å²) in [7, 11) is 2.77. The van der Waals surface area contributed by atoms with E-state index in [-0.39, 0.29) is 23.8 Å². The molecule has 9 heteroatoms. The first kappa shape index (κ1) is 18.4. The number of allylic oxidation sites excluding steroid dienone is 1. The highest BCUT2D eigenvalue weighted by Gasteiger charge is 2.36. The van der Waals surface area contributed by atoms with Crippen LogP contribution in [0.4, 0.5) is 10.5 Å². The van der Waals surface area contributed by atoms with Crippen molar-refractivity contribution in [2.75, 3.05) is 27.4 Å². The molecule has 1 aliphatic heterocycles. The SMILES string of the molecule is COCCN1C(=O)N[C@@H](c2ccc([N+](=O)[O-])cc2)C(C(=O)OC)=C1C. The molecule has 1 aromatic rings. The van der Waals surface area contributed by atoms with Gasteiger partial charge >= 0.3 is 12.0 Å². The molecule has 0 saturated heterocycles. The molecule has 1 heterocycles. The second-order valence-electron chi connectivity index (χ2n) is 5.37. The maximum atomic E-state index is 12.4. The zero-order valence-electron chi connectivity index (χ0n) is 14.1. The summed E-state index contributed by atoms with van der Waals surface area (Å²) in [5, 5.41) is 13.5. The quantitative estimate of drug-likeness (QED) is 0.476. The Hall–Kier alpha value is -2.94. The molecular weight excluding hydrogens is 330 g/mol. The molecule has 1 N–H and O–H groups in total. The van der Waals surface area contributed by atoms with Crippen molar-refractivity contribution in [3.05, 3.63) is 51.2 Å². The van der Waals surface area contributed by atoms with Gasteiger partial charge in [-0.25, -0.2) is 9.59 Å². The molecule has 2 rings (SSSR count). The van der Waals surface area contributed by atoms with E-state index < -0.39 is 16.9 Å². The number of rotatable bonds is 6. The lowest BCUT2D eigenvalue weighted by molar-refractivity contribution is -0.384. The predicted molar refractivity (Wildman–Crippen MR) is 87.7 cm³/mol. The minimum Gasteiger partial charge on any atom is -0.466 e. The lowest BCUT2D eigenvalue weighted by Crippen LogP contribution is -2.48. The van der Waals surface area contributed by atoms with Gasteiger partial charge in [0.1, 0.15) is 0 Å². The summed E-state index contributed by atoms with van der Waals surface area (Å²) in [6.07, 6.45) is 0. The largest absolute Gasteiger partial charge is 0.466 e. The van der Waals surface area contributed by atoms with E-state index in [1.165, 1.54) is 43.4 Å². The fourth-order valence-corrected chi connectivity index (χ4v) is 2.65. The number of nitro groups is 1. The van der Waals surface area contributed by atoms with Crippen LogP contribution in [0.15, 0.2) is 35.5 Å². The summed E-state index contributed by atoms with van der Waals surface area (Å²) < 4.78 is 9.83. The molecule has 0 unspecified atom stereocenters. The normalized spacial score (nSPS) is 17.3. The smallest absolute Gasteiger partial charge is 0.337 e. The molecule has 1 aliphatic rings. The number of nitrogens with one attached hydrogen (secondary N) is 1. The highest BCUT2D eigenvalue weighted by atomic mass is 16.6. The molecule has 0 bridgehead atoms. The molecule has 134 valence electrons. The van der Waals surface area contributed by atoms with Gasteiger partial charge in [-0.3, -0.25) is 15.0 Å². The summed E-state index contributed by atoms with van der Waals surface area (Å²) in [4.78, 5) is 36.3. The van der Waals surface area contributed by atoms with E-state index in [4.69, 9.17) is 9.47 Å². The first-order valence-electron chi connectivity index (χ1n) is 7.51. The molecular formula is C16H19N3O6. The minimum absolute atomic E-state index is 0.0760. The van der Waals surface area contributed by atoms with Crippen molar-refractivity contribution < 1.29 is 24.0 Å². The van der Waals surface area contributed by atoms with Gasteiger partial charge in [0.2, 0.25) is 0 Å². The maximum Gasteiger partial charge on any atom is 0.337 e. The first-order valence-corrected chi connectivity index (χ1v) is 7.51. The third-order valence-corrected chi connectivity index (χ3v) is 3.96.